The smallest absolute Gasteiger partial charge is 0.320 e. The van der Waals surface area contributed by atoms with Crippen LogP contribution in [0.4, 0.5) is 0 Å². The van der Waals surface area contributed by atoms with Crippen LogP contribution in [0.5, 0.6) is 0 Å². The summed E-state index contributed by atoms with van der Waals surface area (Å²) in [5.74, 6) is 0.227. The van der Waals surface area contributed by atoms with E-state index < -0.39 is 0 Å². The van der Waals surface area contributed by atoms with Crippen LogP contribution in [0.15, 0.2) is 0 Å². The fourth-order valence-corrected chi connectivity index (χ4v) is 3.49. The molecule has 1 saturated heterocycles. The Morgan fingerprint density at radius 3 is 2.78 bits per heavy atom. The first-order valence-corrected chi connectivity index (χ1v) is 7.30. The van der Waals surface area contributed by atoms with Crippen LogP contribution >= 0.6 is 0 Å². The second-order valence-electron chi connectivity index (χ2n) is 5.50. The molecular weight excluding hydrogens is 230 g/mol. The minimum atomic E-state index is -0.174. The van der Waals surface area contributed by atoms with Gasteiger partial charge in [0.05, 0.1) is 19.3 Å². The first-order valence-electron chi connectivity index (χ1n) is 7.30. The molecule has 1 aliphatic heterocycles. The van der Waals surface area contributed by atoms with Crippen LogP contribution in [0.3, 0.4) is 0 Å². The highest BCUT2D eigenvalue weighted by molar-refractivity contribution is 5.71. The number of ether oxygens (including phenoxy) is 1. The van der Waals surface area contributed by atoms with Gasteiger partial charge >= 0.3 is 5.97 Å². The zero-order chi connectivity index (χ0) is 13.0. The maximum atomic E-state index is 11.6. The zero-order valence-corrected chi connectivity index (χ0v) is 11.3. The topological polar surface area (TPSA) is 49.8 Å². The molecule has 0 aromatic carbocycles. The number of hydrogen-bond acceptors (Lipinski definition) is 4. The molecule has 2 rings (SSSR count). The van der Waals surface area contributed by atoms with Crippen molar-refractivity contribution in [1.29, 1.82) is 0 Å². The molecule has 2 fully saturated rings. The lowest BCUT2D eigenvalue weighted by Crippen LogP contribution is -2.44. The summed E-state index contributed by atoms with van der Waals surface area (Å²) in [6, 6.07) is 0.379. The second-order valence-corrected chi connectivity index (χ2v) is 5.50. The maximum Gasteiger partial charge on any atom is 0.320 e. The third kappa shape index (κ3) is 3.23. The number of rotatable bonds is 4. The fourth-order valence-electron chi connectivity index (χ4n) is 3.49. The lowest BCUT2D eigenvalue weighted by Gasteiger charge is -2.36. The number of likely N-dealkylation sites (tertiary alicyclic amines) is 1. The fraction of sp³-hybridized carbons (Fsp3) is 0.929. The zero-order valence-electron chi connectivity index (χ0n) is 11.3. The van der Waals surface area contributed by atoms with Crippen molar-refractivity contribution in [2.75, 3.05) is 19.7 Å². The molecule has 3 atom stereocenters. The summed E-state index contributed by atoms with van der Waals surface area (Å²) >= 11 is 0. The van der Waals surface area contributed by atoms with E-state index in [9.17, 15) is 9.90 Å². The molecule has 1 aliphatic carbocycles. The van der Waals surface area contributed by atoms with E-state index in [-0.39, 0.29) is 12.1 Å². The predicted octanol–water partition coefficient (Wildman–Crippen LogP) is 1.56. The van der Waals surface area contributed by atoms with Gasteiger partial charge in [-0.1, -0.05) is 12.8 Å². The van der Waals surface area contributed by atoms with Crippen molar-refractivity contribution >= 4 is 5.97 Å². The van der Waals surface area contributed by atoms with E-state index >= 15 is 0 Å². The Hall–Kier alpha value is -0.610. The molecule has 0 aromatic rings. The monoisotopic (exact) mass is 255 g/mol. The van der Waals surface area contributed by atoms with Crippen LogP contribution in [0, 0.1) is 5.92 Å². The molecule has 0 radical (unpaired) electrons. The standard InChI is InChI=1S/C14H25NO3/c1-2-18-14(17)10-15-9-5-7-12(15)11-6-3-4-8-13(11)16/h11-13,16H,2-10H2,1H3. The number of carbonyl (C=O) groups excluding carboxylic acids is 1. The van der Waals surface area contributed by atoms with Gasteiger partial charge in [-0.25, -0.2) is 0 Å². The summed E-state index contributed by atoms with van der Waals surface area (Å²) < 4.78 is 5.02. The molecule has 0 bridgehead atoms. The molecule has 1 N–H and O–H groups in total. The molecule has 0 aromatic heterocycles. The molecule has 4 nitrogen and oxygen atoms in total. The van der Waals surface area contributed by atoms with Crippen molar-refractivity contribution in [1.82, 2.24) is 4.90 Å². The van der Waals surface area contributed by atoms with Crippen LogP contribution in [0.25, 0.3) is 0 Å². The number of aliphatic hydroxyl groups excluding tert-OH is 1. The van der Waals surface area contributed by atoms with Gasteiger partial charge in [0.1, 0.15) is 0 Å². The molecule has 0 amide bonds. The quantitative estimate of drug-likeness (QED) is 0.775. The Labute approximate surface area is 109 Å². The van der Waals surface area contributed by atoms with E-state index in [4.69, 9.17) is 4.74 Å². The van der Waals surface area contributed by atoms with Gasteiger partial charge < -0.3 is 9.84 Å². The van der Waals surface area contributed by atoms with Crippen LogP contribution in [-0.4, -0.2) is 47.8 Å². The van der Waals surface area contributed by atoms with E-state index in [1.165, 1.54) is 6.42 Å². The summed E-state index contributed by atoms with van der Waals surface area (Å²) in [6.07, 6.45) is 6.45. The van der Waals surface area contributed by atoms with E-state index in [1.807, 2.05) is 6.92 Å². The van der Waals surface area contributed by atoms with Crippen molar-refractivity contribution in [3.63, 3.8) is 0 Å². The SMILES string of the molecule is CCOC(=O)CN1CCCC1C1CCCCC1O. The van der Waals surface area contributed by atoms with Crippen LogP contribution in [0.1, 0.15) is 45.4 Å². The lowest BCUT2D eigenvalue weighted by molar-refractivity contribution is -0.145. The van der Waals surface area contributed by atoms with E-state index in [0.717, 1.165) is 38.6 Å². The first-order chi connectivity index (χ1) is 8.72. The number of hydrogen-bond donors (Lipinski definition) is 1. The molecule has 104 valence electrons. The van der Waals surface area contributed by atoms with Crippen molar-refractivity contribution in [2.24, 2.45) is 5.92 Å². The molecule has 2 aliphatic rings. The largest absolute Gasteiger partial charge is 0.465 e. The van der Waals surface area contributed by atoms with Crippen molar-refractivity contribution < 1.29 is 14.6 Å². The van der Waals surface area contributed by atoms with Gasteiger partial charge in [-0.3, -0.25) is 9.69 Å². The summed E-state index contributed by atoms with van der Waals surface area (Å²) in [6.45, 7) is 3.64. The average molecular weight is 255 g/mol. The second kappa shape index (κ2) is 6.53. The molecule has 1 heterocycles. The predicted molar refractivity (Wildman–Crippen MR) is 69.2 cm³/mol. The number of esters is 1. The van der Waals surface area contributed by atoms with E-state index in [2.05, 4.69) is 4.90 Å². The third-order valence-corrected chi connectivity index (χ3v) is 4.33. The Kier molecular flexibility index (Phi) is 5.01. The first kappa shape index (κ1) is 13.8. The lowest BCUT2D eigenvalue weighted by atomic mass is 9.80. The minimum absolute atomic E-state index is 0.130. The normalized spacial score (nSPS) is 33.6. The molecule has 1 saturated carbocycles. The number of nitrogens with zero attached hydrogens (tertiary/aromatic N) is 1. The molecule has 4 heteroatoms. The van der Waals surface area contributed by atoms with Crippen molar-refractivity contribution in [3.8, 4) is 0 Å². The summed E-state index contributed by atoms with van der Waals surface area (Å²) in [4.78, 5) is 13.8. The Morgan fingerprint density at radius 2 is 2.06 bits per heavy atom. The Bertz CT molecular complexity index is 282. The Balaban J connectivity index is 1.91. The number of carbonyl (C=O) groups is 1. The molecular formula is C14H25NO3. The molecule has 3 unspecified atom stereocenters. The van der Waals surface area contributed by atoms with Gasteiger partial charge in [-0.05, 0) is 39.2 Å². The van der Waals surface area contributed by atoms with Gasteiger partial charge in [0.15, 0.2) is 0 Å². The highest BCUT2D eigenvalue weighted by atomic mass is 16.5. The maximum absolute atomic E-state index is 11.6. The highest BCUT2D eigenvalue weighted by Gasteiger charge is 2.37. The van der Waals surface area contributed by atoms with Crippen LogP contribution in [-0.2, 0) is 9.53 Å². The summed E-state index contributed by atoms with van der Waals surface area (Å²) in [5, 5.41) is 10.1. The third-order valence-electron chi connectivity index (χ3n) is 4.33. The van der Waals surface area contributed by atoms with Gasteiger partial charge in [0.2, 0.25) is 0 Å². The van der Waals surface area contributed by atoms with Crippen LogP contribution in [0.2, 0.25) is 0 Å². The highest BCUT2D eigenvalue weighted by Crippen LogP contribution is 2.34. The Morgan fingerprint density at radius 1 is 1.28 bits per heavy atom. The van der Waals surface area contributed by atoms with Gasteiger partial charge in [0.25, 0.3) is 0 Å². The van der Waals surface area contributed by atoms with Crippen LogP contribution < -0.4 is 0 Å². The number of aliphatic hydroxyl groups is 1. The summed E-state index contributed by atoms with van der Waals surface area (Å²) in [5.41, 5.74) is 0. The molecule has 18 heavy (non-hydrogen) atoms. The van der Waals surface area contributed by atoms with E-state index in [1.54, 1.807) is 0 Å². The van der Waals surface area contributed by atoms with Gasteiger partial charge in [-0.15, -0.1) is 0 Å². The average Bonchev–Trinajstić information content (AvgIpc) is 2.78. The van der Waals surface area contributed by atoms with Gasteiger partial charge in [0, 0.05) is 12.0 Å². The van der Waals surface area contributed by atoms with Gasteiger partial charge in [-0.2, -0.15) is 0 Å². The van der Waals surface area contributed by atoms with Crippen molar-refractivity contribution in [2.45, 2.75) is 57.6 Å². The summed E-state index contributed by atoms with van der Waals surface area (Å²) in [7, 11) is 0. The van der Waals surface area contributed by atoms with E-state index in [0.29, 0.717) is 25.1 Å². The minimum Gasteiger partial charge on any atom is -0.465 e. The molecule has 0 spiro atoms. The van der Waals surface area contributed by atoms with Crippen molar-refractivity contribution in [3.05, 3.63) is 0 Å².